The fraction of sp³-hybridized carbons (Fsp3) is 0.231. The number of aromatic nitrogens is 3. The van der Waals surface area contributed by atoms with Gasteiger partial charge in [0.1, 0.15) is 17.6 Å². The molecule has 0 aromatic carbocycles. The van der Waals surface area contributed by atoms with Crippen molar-refractivity contribution in [1.29, 1.82) is 5.26 Å². The molecule has 0 aliphatic heterocycles. The molecule has 0 saturated carbocycles. The number of rotatable bonds is 4. The van der Waals surface area contributed by atoms with Crippen LogP contribution in [0.5, 0.6) is 0 Å². The number of nitrogens with one attached hydrogen (secondary N) is 1. The summed E-state index contributed by atoms with van der Waals surface area (Å²) in [5.74, 6) is 1.33. The van der Waals surface area contributed by atoms with Crippen molar-refractivity contribution in [2.75, 3.05) is 24.3 Å². The van der Waals surface area contributed by atoms with Gasteiger partial charge in [-0.2, -0.15) is 5.26 Å². The highest BCUT2D eigenvalue weighted by molar-refractivity contribution is 5.46. The van der Waals surface area contributed by atoms with Gasteiger partial charge in [-0.3, -0.25) is 0 Å². The van der Waals surface area contributed by atoms with Crippen molar-refractivity contribution in [2.45, 2.75) is 6.54 Å². The Morgan fingerprint density at radius 2 is 2.11 bits per heavy atom. The summed E-state index contributed by atoms with van der Waals surface area (Å²) in [6.07, 6.45) is 3.32. The van der Waals surface area contributed by atoms with Crippen LogP contribution in [0, 0.1) is 11.3 Å². The second-order valence-corrected chi connectivity index (χ2v) is 4.11. The van der Waals surface area contributed by atoms with Gasteiger partial charge < -0.3 is 10.2 Å². The molecule has 0 amide bonds. The third-order valence-corrected chi connectivity index (χ3v) is 2.50. The van der Waals surface area contributed by atoms with E-state index < -0.39 is 0 Å². The molecule has 0 aliphatic rings. The number of hydrogen-bond acceptors (Lipinski definition) is 6. The first kappa shape index (κ1) is 12.8. The summed E-state index contributed by atoms with van der Waals surface area (Å²) < 4.78 is 0. The maximum atomic E-state index is 8.78. The molecule has 2 rings (SSSR count). The molecule has 19 heavy (non-hydrogen) atoms. The van der Waals surface area contributed by atoms with Crippen molar-refractivity contribution < 1.29 is 0 Å². The molecule has 0 saturated heterocycles. The Bertz CT molecular complexity index is 602. The largest absolute Gasteiger partial charge is 0.362 e. The molecule has 0 spiro atoms. The normalized spacial score (nSPS) is 9.74. The maximum absolute atomic E-state index is 8.78. The predicted molar refractivity (Wildman–Crippen MR) is 72.6 cm³/mol. The summed E-state index contributed by atoms with van der Waals surface area (Å²) >= 11 is 0. The summed E-state index contributed by atoms with van der Waals surface area (Å²) in [7, 11) is 3.89. The second-order valence-electron chi connectivity index (χ2n) is 4.11. The van der Waals surface area contributed by atoms with Crippen molar-refractivity contribution in [1.82, 2.24) is 15.0 Å². The zero-order valence-electron chi connectivity index (χ0n) is 10.8. The van der Waals surface area contributed by atoms with E-state index >= 15 is 0 Å². The molecule has 0 radical (unpaired) electrons. The summed E-state index contributed by atoms with van der Waals surface area (Å²) in [5, 5.41) is 11.9. The van der Waals surface area contributed by atoms with Crippen LogP contribution < -0.4 is 10.2 Å². The molecule has 0 aliphatic carbocycles. The highest BCUT2D eigenvalue weighted by atomic mass is 15.1. The molecule has 0 unspecified atom stereocenters. The molecule has 6 heteroatoms. The van der Waals surface area contributed by atoms with Crippen LogP contribution in [0.15, 0.2) is 30.6 Å². The molecule has 2 aromatic rings. The lowest BCUT2D eigenvalue weighted by molar-refractivity contribution is 0.991. The zero-order chi connectivity index (χ0) is 13.7. The zero-order valence-corrected chi connectivity index (χ0v) is 10.8. The van der Waals surface area contributed by atoms with Crippen molar-refractivity contribution >= 4 is 11.8 Å². The lowest BCUT2D eigenvalue weighted by Gasteiger charge is -2.15. The highest BCUT2D eigenvalue weighted by Gasteiger charge is 2.06. The van der Waals surface area contributed by atoms with E-state index in [-0.39, 0.29) is 0 Å². The molecular formula is C13H14N6. The monoisotopic (exact) mass is 254 g/mol. The lowest BCUT2D eigenvalue weighted by Crippen LogP contribution is -2.15. The maximum Gasteiger partial charge on any atom is 0.224 e. The van der Waals surface area contributed by atoms with Crippen LogP contribution in [-0.2, 0) is 6.54 Å². The van der Waals surface area contributed by atoms with E-state index in [0.29, 0.717) is 18.2 Å². The van der Waals surface area contributed by atoms with Gasteiger partial charge in [-0.05, 0) is 12.1 Å². The van der Waals surface area contributed by atoms with Crippen LogP contribution in [0.4, 0.5) is 11.8 Å². The van der Waals surface area contributed by atoms with E-state index in [0.717, 1.165) is 11.4 Å². The first-order valence-corrected chi connectivity index (χ1v) is 5.79. The second kappa shape index (κ2) is 5.78. The first-order valence-electron chi connectivity index (χ1n) is 5.79. The van der Waals surface area contributed by atoms with Crippen molar-refractivity contribution in [2.24, 2.45) is 0 Å². The van der Waals surface area contributed by atoms with Gasteiger partial charge >= 0.3 is 0 Å². The van der Waals surface area contributed by atoms with Crippen LogP contribution in [0.1, 0.15) is 11.3 Å². The van der Waals surface area contributed by atoms with Crippen molar-refractivity contribution in [3.05, 3.63) is 41.9 Å². The predicted octanol–water partition coefficient (Wildman–Crippen LogP) is 1.42. The average molecular weight is 254 g/mol. The van der Waals surface area contributed by atoms with E-state index in [9.17, 15) is 0 Å². The topological polar surface area (TPSA) is 77.7 Å². The van der Waals surface area contributed by atoms with Crippen LogP contribution in [0.3, 0.4) is 0 Å². The Morgan fingerprint density at radius 1 is 1.26 bits per heavy atom. The third kappa shape index (κ3) is 3.16. The van der Waals surface area contributed by atoms with Crippen LogP contribution in [0.25, 0.3) is 0 Å². The minimum atomic E-state index is 0.344. The third-order valence-electron chi connectivity index (χ3n) is 2.50. The fourth-order valence-corrected chi connectivity index (χ4v) is 1.65. The van der Waals surface area contributed by atoms with E-state index in [2.05, 4.69) is 20.3 Å². The summed E-state index contributed by atoms with van der Waals surface area (Å²) in [5.41, 5.74) is 1.38. The number of hydrogen-bond donors (Lipinski definition) is 1. The van der Waals surface area contributed by atoms with E-state index in [1.54, 1.807) is 18.5 Å². The Labute approximate surface area is 111 Å². The minimum absolute atomic E-state index is 0.344. The Kier molecular flexibility index (Phi) is 3.88. The fourth-order valence-electron chi connectivity index (χ4n) is 1.65. The van der Waals surface area contributed by atoms with Crippen LogP contribution in [-0.4, -0.2) is 29.0 Å². The van der Waals surface area contributed by atoms with Gasteiger partial charge in [0.25, 0.3) is 0 Å². The number of nitrogens with zero attached hydrogens (tertiary/aromatic N) is 5. The van der Waals surface area contributed by atoms with Crippen LogP contribution in [0.2, 0.25) is 0 Å². The van der Waals surface area contributed by atoms with E-state index in [1.807, 2.05) is 37.2 Å². The Morgan fingerprint density at radius 3 is 2.84 bits per heavy atom. The van der Waals surface area contributed by atoms with E-state index in [1.165, 1.54) is 0 Å². The van der Waals surface area contributed by atoms with E-state index in [4.69, 9.17) is 5.26 Å². The van der Waals surface area contributed by atoms with Gasteiger partial charge in [-0.25, -0.2) is 15.0 Å². The quantitative estimate of drug-likeness (QED) is 0.889. The SMILES string of the molecule is CN(C)c1ncccc1CNc1nccc(C#N)n1. The van der Waals surface area contributed by atoms with Crippen molar-refractivity contribution in [3.63, 3.8) is 0 Å². The number of pyridine rings is 1. The smallest absolute Gasteiger partial charge is 0.224 e. The van der Waals surface area contributed by atoms with Crippen LogP contribution >= 0.6 is 0 Å². The van der Waals surface area contributed by atoms with Gasteiger partial charge in [-0.1, -0.05) is 6.07 Å². The summed E-state index contributed by atoms with van der Waals surface area (Å²) in [6.45, 7) is 0.552. The molecule has 0 atom stereocenters. The Hall–Kier alpha value is -2.68. The molecule has 0 fully saturated rings. The lowest BCUT2D eigenvalue weighted by atomic mass is 10.2. The Balaban J connectivity index is 2.12. The van der Waals surface area contributed by atoms with Gasteiger partial charge in [0.2, 0.25) is 5.95 Å². The average Bonchev–Trinajstić information content (AvgIpc) is 2.45. The van der Waals surface area contributed by atoms with Gasteiger partial charge in [-0.15, -0.1) is 0 Å². The first-order chi connectivity index (χ1) is 9.20. The minimum Gasteiger partial charge on any atom is -0.362 e. The van der Waals surface area contributed by atoms with Gasteiger partial charge in [0, 0.05) is 38.6 Å². The molecule has 6 nitrogen and oxygen atoms in total. The molecule has 2 heterocycles. The summed E-state index contributed by atoms with van der Waals surface area (Å²) in [4.78, 5) is 14.4. The molecule has 0 bridgehead atoms. The molecular weight excluding hydrogens is 240 g/mol. The number of nitriles is 1. The highest BCUT2D eigenvalue weighted by Crippen LogP contribution is 2.15. The van der Waals surface area contributed by atoms with Gasteiger partial charge in [0.05, 0.1) is 0 Å². The molecule has 2 aromatic heterocycles. The van der Waals surface area contributed by atoms with Gasteiger partial charge in [0.15, 0.2) is 0 Å². The van der Waals surface area contributed by atoms with Crippen molar-refractivity contribution in [3.8, 4) is 6.07 Å². The molecule has 1 N–H and O–H groups in total. The summed E-state index contributed by atoms with van der Waals surface area (Å²) in [6, 6.07) is 7.43. The standard InChI is InChI=1S/C13H14N6/c1-19(2)12-10(4-3-6-15-12)9-17-13-16-7-5-11(8-14)18-13/h3-7H,9H2,1-2H3,(H,16,17,18). The molecule has 96 valence electrons. The number of anilines is 2.